The Labute approximate surface area is 152 Å². The van der Waals surface area contributed by atoms with E-state index in [9.17, 15) is 9.59 Å². The van der Waals surface area contributed by atoms with E-state index in [1.54, 1.807) is 18.2 Å². The Morgan fingerprint density at radius 2 is 1.77 bits per heavy atom. The van der Waals surface area contributed by atoms with Gasteiger partial charge in [-0.1, -0.05) is 13.8 Å². The minimum Gasteiger partial charge on any atom is -0.490 e. The Morgan fingerprint density at radius 1 is 1.04 bits per heavy atom. The van der Waals surface area contributed by atoms with Gasteiger partial charge in [0.05, 0.1) is 31.6 Å². The maximum atomic E-state index is 12.0. The van der Waals surface area contributed by atoms with E-state index < -0.39 is 0 Å². The van der Waals surface area contributed by atoms with Crippen molar-refractivity contribution in [1.29, 1.82) is 0 Å². The van der Waals surface area contributed by atoms with Crippen molar-refractivity contribution < 1.29 is 23.5 Å². The van der Waals surface area contributed by atoms with Crippen LogP contribution in [0.5, 0.6) is 11.5 Å². The summed E-state index contributed by atoms with van der Waals surface area (Å²) in [6, 6.07) is 6.75. The van der Waals surface area contributed by atoms with Crippen LogP contribution in [0.25, 0.3) is 0 Å². The third-order valence-corrected chi connectivity index (χ3v) is 3.34. The Morgan fingerprint density at radius 3 is 2.42 bits per heavy atom. The van der Waals surface area contributed by atoms with Gasteiger partial charge in [0, 0.05) is 11.8 Å². The highest BCUT2D eigenvalue weighted by Gasteiger charge is 2.11. The van der Waals surface area contributed by atoms with E-state index in [1.165, 1.54) is 18.6 Å². The smallest absolute Gasteiger partial charge is 0.254 e. The molecule has 0 aliphatic rings. The number of anilines is 1. The van der Waals surface area contributed by atoms with Crippen LogP contribution in [-0.4, -0.2) is 31.6 Å². The van der Waals surface area contributed by atoms with Crippen molar-refractivity contribution in [1.82, 2.24) is 5.32 Å². The molecule has 2 amide bonds. The molecule has 26 heavy (non-hydrogen) atoms. The summed E-state index contributed by atoms with van der Waals surface area (Å²) >= 11 is 0. The number of furan rings is 1. The molecule has 2 aromatic rings. The zero-order valence-electron chi connectivity index (χ0n) is 15.0. The number of carbonyl (C=O) groups is 2. The molecule has 140 valence electrons. The van der Waals surface area contributed by atoms with Gasteiger partial charge in [0.1, 0.15) is 6.26 Å². The molecule has 0 atom stereocenters. The van der Waals surface area contributed by atoms with Crippen LogP contribution in [-0.2, 0) is 4.79 Å². The highest BCUT2D eigenvalue weighted by Crippen LogP contribution is 2.30. The summed E-state index contributed by atoms with van der Waals surface area (Å²) in [7, 11) is 0. The van der Waals surface area contributed by atoms with Crippen molar-refractivity contribution in [3.63, 3.8) is 0 Å². The zero-order chi connectivity index (χ0) is 18.8. The quantitative estimate of drug-likeness (QED) is 0.679. The van der Waals surface area contributed by atoms with Gasteiger partial charge in [-0.2, -0.15) is 0 Å². The monoisotopic (exact) mass is 360 g/mol. The number of hydrogen-bond donors (Lipinski definition) is 2. The molecule has 2 N–H and O–H groups in total. The molecular formula is C19H24N2O5. The van der Waals surface area contributed by atoms with Crippen molar-refractivity contribution >= 4 is 17.5 Å². The van der Waals surface area contributed by atoms with E-state index in [0.29, 0.717) is 36.0 Å². The molecule has 1 aromatic carbocycles. The van der Waals surface area contributed by atoms with Crippen LogP contribution < -0.4 is 20.1 Å². The SMILES string of the molecule is CCCOc1ccc(NC(=O)CNC(=O)c2ccoc2)cc1OCCC. The van der Waals surface area contributed by atoms with E-state index in [2.05, 4.69) is 10.6 Å². The van der Waals surface area contributed by atoms with E-state index in [-0.39, 0.29) is 18.4 Å². The summed E-state index contributed by atoms with van der Waals surface area (Å²) in [5, 5.41) is 5.26. The van der Waals surface area contributed by atoms with E-state index in [1.807, 2.05) is 13.8 Å². The van der Waals surface area contributed by atoms with Gasteiger partial charge in [-0.05, 0) is 31.0 Å². The van der Waals surface area contributed by atoms with E-state index in [0.717, 1.165) is 12.8 Å². The van der Waals surface area contributed by atoms with Crippen molar-refractivity contribution in [3.8, 4) is 11.5 Å². The first-order valence-electron chi connectivity index (χ1n) is 8.64. The van der Waals surface area contributed by atoms with Gasteiger partial charge >= 0.3 is 0 Å². The van der Waals surface area contributed by atoms with Crippen LogP contribution in [0.3, 0.4) is 0 Å². The molecule has 2 rings (SSSR count). The molecule has 0 spiro atoms. The summed E-state index contributed by atoms with van der Waals surface area (Å²) in [5.41, 5.74) is 0.938. The molecule has 0 radical (unpaired) electrons. The Bertz CT molecular complexity index is 713. The maximum Gasteiger partial charge on any atom is 0.254 e. The normalized spacial score (nSPS) is 10.2. The molecule has 0 aliphatic carbocycles. The minimum atomic E-state index is -0.371. The first-order chi connectivity index (χ1) is 12.6. The van der Waals surface area contributed by atoms with Crippen LogP contribution in [0.4, 0.5) is 5.69 Å². The minimum absolute atomic E-state index is 0.150. The lowest BCUT2D eigenvalue weighted by Crippen LogP contribution is -2.32. The molecule has 0 bridgehead atoms. The van der Waals surface area contributed by atoms with Gasteiger partial charge in [0.25, 0.3) is 5.91 Å². The van der Waals surface area contributed by atoms with Crippen LogP contribution in [0, 0.1) is 0 Å². The molecule has 7 nitrogen and oxygen atoms in total. The number of rotatable bonds is 10. The van der Waals surface area contributed by atoms with Gasteiger partial charge < -0.3 is 24.5 Å². The average Bonchev–Trinajstić information content (AvgIpc) is 3.18. The van der Waals surface area contributed by atoms with Gasteiger partial charge in [0.2, 0.25) is 5.91 Å². The Balaban J connectivity index is 1.94. The van der Waals surface area contributed by atoms with Crippen molar-refractivity contribution in [2.45, 2.75) is 26.7 Å². The first kappa shape index (κ1) is 19.4. The molecule has 0 unspecified atom stereocenters. The highest BCUT2D eigenvalue weighted by molar-refractivity contribution is 5.99. The summed E-state index contributed by atoms with van der Waals surface area (Å²) in [6.45, 7) is 5.04. The van der Waals surface area contributed by atoms with Crippen molar-refractivity contribution in [2.75, 3.05) is 25.1 Å². The summed E-state index contributed by atoms with van der Waals surface area (Å²) in [4.78, 5) is 23.8. The second-order valence-electron chi connectivity index (χ2n) is 5.60. The number of carbonyl (C=O) groups excluding carboxylic acids is 2. The molecule has 0 saturated carbocycles. The summed E-state index contributed by atoms with van der Waals surface area (Å²) in [5.74, 6) is 0.516. The molecular weight excluding hydrogens is 336 g/mol. The Kier molecular flexibility index (Phi) is 7.54. The number of ether oxygens (including phenoxy) is 2. The molecule has 1 heterocycles. The predicted molar refractivity (Wildman–Crippen MR) is 97.7 cm³/mol. The molecule has 0 aliphatic heterocycles. The fourth-order valence-electron chi connectivity index (χ4n) is 2.10. The second kappa shape index (κ2) is 10.1. The van der Waals surface area contributed by atoms with Crippen LogP contribution in [0.2, 0.25) is 0 Å². The van der Waals surface area contributed by atoms with Crippen molar-refractivity contribution in [2.24, 2.45) is 0 Å². The molecule has 0 fully saturated rings. The summed E-state index contributed by atoms with van der Waals surface area (Å²) in [6.07, 6.45) is 4.47. The highest BCUT2D eigenvalue weighted by atomic mass is 16.5. The third-order valence-electron chi connectivity index (χ3n) is 3.34. The Hall–Kier alpha value is -2.96. The lowest BCUT2D eigenvalue weighted by Gasteiger charge is -2.14. The topological polar surface area (TPSA) is 89.8 Å². The average molecular weight is 360 g/mol. The fraction of sp³-hybridized carbons (Fsp3) is 0.368. The number of hydrogen-bond acceptors (Lipinski definition) is 5. The lowest BCUT2D eigenvalue weighted by molar-refractivity contribution is -0.115. The van der Waals surface area contributed by atoms with Gasteiger partial charge in [-0.15, -0.1) is 0 Å². The van der Waals surface area contributed by atoms with Crippen LogP contribution in [0.1, 0.15) is 37.0 Å². The number of amides is 2. The number of nitrogens with one attached hydrogen (secondary N) is 2. The van der Waals surface area contributed by atoms with E-state index >= 15 is 0 Å². The van der Waals surface area contributed by atoms with Gasteiger partial charge in [0.15, 0.2) is 11.5 Å². The fourth-order valence-corrected chi connectivity index (χ4v) is 2.10. The zero-order valence-corrected chi connectivity index (χ0v) is 15.0. The predicted octanol–water partition coefficient (Wildman–Crippen LogP) is 3.23. The van der Waals surface area contributed by atoms with Crippen LogP contribution in [0.15, 0.2) is 41.2 Å². The van der Waals surface area contributed by atoms with E-state index in [4.69, 9.17) is 13.9 Å². The largest absolute Gasteiger partial charge is 0.490 e. The molecule has 1 aromatic heterocycles. The second-order valence-corrected chi connectivity index (χ2v) is 5.60. The van der Waals surface area contributed by atoms with Gasteiger partial charge in [-0.3, -0.25) is 9.59 Å². The first-order valence-corrected chi connectivity index (χ1v) is 8.64. The number of benzene rings is 1. The molecule has 0 saturated heterocycles. The van der Waals surface area contributed by atoms with Gasteiger partial charge in [-0.25, -0.2) is 0 Å². The third kappa shape index (κ3) is 5.84. The summed E-state index contributed by atoms with van der Waals surface area (Å²) < 4.78 is 16.2. The lowest BCUT2D eigenvalue weighted by atomic mass is 10.2. The van der Waals surface area contributed by atoms with Crippen LogP contribution >= 0.6 is 0 Å². The van der Waals surface area contributed by atoms with Crippen molar-refractivity contribution in [3.05, 3.63) is 42.4 Å². The standard InChI is InChI=1S/C19H24N2O5/c1-3-8-25-16-6-5-15(11-17(16)26-9-4-2)21-18(22)12-20-19(23)14-7-10-24-13-14/h5-7,10-11,13H,3-4,8-9,12H2,1-2H3,(H,20,23)(H,21,22). The maximum absolute atomic E-state index is 12.0. The molecule has 7 heteroatoms.